The largest absolute Gasteiger partial charge is 0.462 e. The van der Waals surface area contributed by atoms with Gasteiger partial charge in [-0.1, -0.05) is 23.4 Å². The number of esters is 2. The molecule has 2 amide bonds. The van der Waals surface area contributed by atoms with Gasteiger partial charge in [0.1, 0.15) is 13.2 Å². The standard InChI is InChI=1S/C28H20F2N4O6/c1-15(35)39-10-11-40-28(38)20-6-2-17(16-4-7-22(29)23(30)13-16)14-25(20)34-26(36)19-5-3-18(12-21(19)27(34)37)24-8-9-31-33-32-24/h2-8,12-14H,9-11H2,1H3,(H,31,32). The van der Waals surface area contributed by atoms with Gasteiger partial charge in [-0.2, -0.15) is 5.11 Å². The first-order valence-electron chi connectivity index (χ1n) is 12.0. The molecule has 0 radical (unpaired) electrons. The van der Waals surface area contributed by atoms with Crippen LogP contribution < -0.4 is 10.3 Å². The third-order valence-corrected chi connectivity index (χ3v) is 6.15. The highest BCUT2D eigenvalue weighted by Crippen LogP contribution is 2.36. The summed E-state index contributed by atoms with van der Waals surface area (Å²) in [6.45, 7) is 1.09. The molecular formula is C28H20F2N4O6. The number of carbonyl (C=O) groups excluding carboxylic acids is 4. The summed E-state index contributed by atoms with van der Waals surface area (Å²) in [5.74, 6) is -4.97. The Labute approximate surface area is 225 Å². The van der Waals surface area contributed by atoms with E-state index in [9.17, 15) is 28.0 Å². The lowest BCUT2D eigenvalue weighted by atomic mass is 10.0. The smallest absolute Gasteiger partial charge is 0.340 e. The summed E-state index contributed by atoms with van der Waals surface area (Å²) in [6.07, 6.45) is 1.77. The van der Waals surface area contributed by atoms with Gasteiger partial charge in [0, 0.05) is 12.5 Å². The van der Waals surface area contributed by atoms with Crippen molar-refractivity contribution in [3.05, 3.63) is 94.6 Å². The average Bonchev–Trinajstić information content (AvgIpc) is 3.21. The molecule has 2 heterocycles. The van der Waals surface area contributed by atoms with E-state index in [1.165, 1.54) is 43.3 Å². The number of anilines is 1. The Hall–Kier alpha value is -5.26. The van der Waals surface area contributed by atoms with Gasteiger partial charge < -0.3 is 9.47 Å². The van der Waals surface area contributed by atoms with Gasteiger partial charge in [0.25, 0.3) is 11.8 Å². The van der Waals surface area contributed by atoms with E-state index in [1.54, 1.807) is 12.1 Å². The summed E-state index contributed by atoms with van der Waals surface area (Å²) >= 11 is 0. The second-order valence-corrected chi connectivity index (χ2v) is 8.70. The van der Waals surface area contributed by atoms with Gasteiger partial charge in [0.15, 0.2) is 11.6 Å². The zero-order valence-corrected chi connectivity index (χ0v) is 20.9. The molecule has 3 aromatic carbocycles. The molecule has 0 aromatic heterocycles. The SMILES string of the molecule is CC(=O)OCCOC(=O)c1ccc(-c2ccc(F)c(F)c2)cc1N1C(=O)c2ccc(C3=CCN=NN3)cc2C1=O. The van der Waals surface area contributed by atoms with Crippen LogP contribution in [0.2, 0.25) is 0 Å². The average molecular weight is 546 g/mol. The van der Waals surface area contributed by atoms with Crippen molar-refractivity contribution in [1.29, 1.82) is 0 Å². The fraction of sp³-hybridized carbons (Fsp3) is 0.143. The maximum absolute atomic E-state index is 14.0. The Balaban J connectivity index is 1.54. The highest BCUT2D eigenvalue weighted by molar-refractivity contribution is 6.35. The molecule has 40 heavy (non-hydrogen) atoms. The van der Waals surface area contributed by atoms with E-state index >= 15 is 0 Å². The van der Waals surface area contributed by atoms with Crippen LogP contribution >= 0.6 is 0 Å². The second-order valence-electron chi connectivity index (χ2n) is 8.70. The summed E-state index contributed by atoms with van der Waals surface area (Å²) in [4.78, 5) is 51.9. The third-order valence-electron chi connectivity index (χ3n) is 6.15. The molecule has 2 aliphatic heterocycles. The molecule has 12 heteroatoms. The maximum atomic E-state index is 14.0. The van der Waals surface area contributed by atoms with Crippen LogP contribution in [-0.2, 0) is 14.3 Å². The zero-order chi connectivity index (χ0) is 28.4. The fourth-order valence-electron chi connectivity index (χ4n) is 4.26. The number of amides is 2. The molecule has 0 saturated carbocycles. The van der Waals surface area contributed by atoms with Gasteiger partial charge in [-0.3, -0.25) is 19.8 Å². The van der Waals surface area contributed by atoms with E-state index in [4.69, 9.17) is 9.47 Å². The molecule has 0 fully saturated rings. The van der Waals surface area contributed by atoms with E-state index < -0.39 is 35.4 Å². The number of ether oxygens (including phenoxy) is 2. The second kappa shape index (κ2) is 10.8. The Morgan fingerprint density at radius 2 is 1.57 bits per heavy atom. The molecular weight excluding hydrogens is 526 g/mol. The van der Waals surface area contributed by atoms with Gasteiger partial charge in [0.2, 0.25) is 0 Å². The topological polar surface area (TPSA) is 127 Å². The number of fused-ring (bicyclic) bond motifs is 1. The van der Waals surface area contributed by atoms with Crippen molar-refractivity contribution >= 4 is 35.1 Å². The van der Waals surface area contributed by atoms with Crippen LogP contribution in [0.3, 0.4) is 0 Å². The molecule has 2 aliphatic rings. The van der Waals surface area contributed by atoms with Crippen molar-refractivity contribution in [2.24, 2.45) is 10.3 Å². The first-order chi connectivity index (χ1) is 19.2. The predicted octanol–water partition coefficient (Wildman–Crippen LogP) is 4.46. The fourth-order valence-corrected chi connectivity index (χ4v) is 4.26. The zero-order valence-electron chi connectivity index (χ0n) is 20.9. The Kier molecular flexibility index (Phi) is 7.15. The highest BCUT2D eigenvalue weighted by atomic mass is 19.2. The number of imide groups is 1. The van der Waals surface area contributed by atoms with Crippen LogP contribution in [0.15, 0.2) is 71.0 Å². The lowest BCUT2D eigenvalue weighted by Crippen LogP contribution is -2.31. The van der Waals surface area contributed by atoms with Crippen LogP contribution in [0.25, 0.3) is 16.8 Å². The van der Waals surface area contributed by atoms with E-state index in [2.05, 4.69) is 15.8 Å². The molecule has 202 valence electrons. The van der Waals surface area contributed by atoms with E-state index in [1.807, 2.05) is 0 Å². The minimum Gasteiger partial charge on any atom is -0.462 e. The molecule has 10 nitrogen and oxygen atoms in total. The summed E-state index contributed by atoms with van der Waals surface area (Å²) in [6, 6.07) is 12.0. The van der Waals surface area contributed by atoms with Crippen LogP contribution in [0.5, 0.6) is 0 Å². The van der Waals surface area contributed by atoms with Gasteiger partial charge in [-0.25, -0.2) is 18.5 Å². The van der Waals surface area contributed by atoms with Gasteiger partial charge in [-0.15, -0.1) is 0 Å². The number of nitrogens with zero attached hydrogens (tertiary/aromatic N) is 3. The van der Waals surface area contributed by atoms with Crippen molar-refractivity contribution in [3.8, 4) is 11.1 Å². The molecule has 1 N–H and O–H groups in total. The maximum Gasteiger partial charge on any atom is 0.340 e. The molecule has 0 unspecified atom stereocenters. The summed E-state index contributed by atoms with van der Waals surface area (Å²) in [5, 5.41) is 7.57. The number of halogens is 2. The summed E-state index contributed by atoms with van der Waals surface area (Å²) < 4.78 is 37.5. The molecule has 0 aliphatic carbocycles. The lowest BCUT2D eigenvalue weighted by molar-refractivity contribution is -0.142. The van der Waals surface area contributed by atoms with Crippen molar-refractivity contribution in [3.63, 3.8) is 0 Å². The van der Waals surface area contributed by atoms with Crippen LogP contribution in [0.4, 0.5) is 14.5 Å². The Bertz CT molecular complexity index is 1630. The quantitative estimate of drug-likeness (QED) is 0.263. The Morgan fingerprint density at radius 3 is 2.30 bits per heavy atom. The molecule has 3 aromatic rings. The van der Waals surface area contributed by atoms with Crippen molar-refractivity contribution in [1.82, 2.24) is 5.43 Å². The number of nitrogens with one attached hydrogen (secondary N) is 1. The Morgan fingerprint density at radius 1 is 0.875 bits per heavy atom. The van der Waals surface area contributed by atoms with Gasteiger partial charge in [0.05, 0.1) is 34.6 Å². The summed E-state index contributed by atoms with van der Waals surface area (Å²) in [5.41, 5.74) is 4.46. The van der Waals surface area contributed by atoms with Crippen molar-refractivity contribution < 1.29 is 37.4 Å². The normalized spacial score (nSPS) is 14.0. The van der Waals surface area contributed by atoms with Crippen LogP contribution in [0.1, 0.15) is 43.6 Å². The number of hydrogen-bond acceptors (Lipinski definition) is 9. The third kappa shape index (κ3) is 5.06. The summed E-state index contributed by atoms with van der Waals surface area (Å²) in [7, 11) is 0. The molecule has 0 spiro atoms. The first-order valence-corrected chi connectivity index (χ1v) is 12.0. The monoisotopic (exact) mass is 546 g/mol. The number of benzene rings is 3. The number of rotatable bonds is 7. The van der Waals surface area contributed by atoms with E-state index in [0.29, 0.717) is 23.4 Å². The molecule has 0 atom stereocenters. The minimum absolute atomic E-state index is 0.0973. The van der Waals surface area contributed by atoms with E-state index in [-0.39, 0.29) is 41.2 Å². The minimum atomic E-state index is -1.09. The van der Waals surface area contributed by atoms with E-state index in [0.717, 1.165) is 17.0 Å². The lowest BCUT2D eigenvalue weighted by Gasteiger charge is -2.19. The number of carbonyl (C=O) groups is 4. The molecule has 0 bridgehead atoms. The first kappa shape index (κ1) is 26.4. The van der Waals surface area contributed by atoms with Crippen molar-refractivity contribution in [2.75, 3.05) is 24.7 Å². The highest BCUT2D eigenvalue weighted by Gasteiger charge is 2.39. The van der Waals surface area contributed by atoms with Crippen molar-refractivity contribution in [2.45, 2.75) is 6.92 Å². The van der Waals surface area contributed by atoms with Crippen LogP contribution in [-0.4, -0.2) is 43.5 Å². The predicted molar refractivity (Wildman–Crippen MR) is 137 cm³/mol. The van der Waals surface area contributed by atoms with Gasteiger partial charge in [-0.05, 0) is 53.6 Å². The van der Waals surface area contributed by atoms with Gasteiger partial charge >= 0.3 is 11.9 Å². The van der Waals surface area contributed by atoms with Crippen LogP contribution in [0, 0.1) is 11.6 Å². The molecule has 0 saturated heterocycles. The molecule has 5 rings (SSSR count). The number of hydrogen-bond donors (Lipinski definition) is 1.